The largest absolute Gasteiger partial charge is 0.389 e. The lowest BCUT2D eigenvalue weighted by Crippen LogP contribution is -2.60. The Morgan fingerprint density at radius 1 is 1.08 bits per heavy atom. The van der Waals surface area contributed by atoms with Crippen molar-refractivity contribution in [2.24, 2.45) is 17.8 Å². The molecule has 2 saturated carbocycles. The van der Waals surface area contributed by atoms with Crippen LogP contribution in [0, 0.1) is 17.8 Å². The number of fused-ring (bicyclic) bond motifs is 2. The number of nitrogens with zero attached hydrogens (tertiary/aromatic N) is 1. The zero-order valence-electron chi connectivity index (χ0n) is 16.4. The molecule has 0 aromatic carbocycles. The minimum atomic E-state index is -0.373. The van der Waals surface area contributed by atoms with Crippen molar-refractivity contribution in [2.45, 2.75) is 96.2 Å². The molecule has 1 N–H and O–H groups in total. The van der Waals surface area contributed by atoms with Crippen LogP contribution in [0.1, 0.15) is 79.1 Å². The van der Waals surface area contributed by atoms with Gasteiger partial charge in [0.1, 0.15) is 0 Å². The van der Waals surface area contributed by atoms with E-state index in [2.05, 4.69) is 32.6 Å². The first-order valence-electron chi connectivity index (χ1n) is 10.3. The van der Waals surface area contributed by atoms with Crippen LogP contribution in [0.25, 0.3) is 0 Å². The standard InChI is InChI=1S/C21H39NO2/c1-20(2)9-5-10-21(3,4)22(20)14-19(23)15-24-11-8-18-13-16-6-7-17(18)12-16/h16-19,23H,5-15H2,1-4H3/t16-,17-,18-,19-/m1/s1. The van der Waals surface area contributed by atoms with Gasteiger partial charge < -0.3 is 9.84 Å². The van der Waals surface area contributed by atoms with E-state index in [1.54, 1.807) is 0 Å². The lowest BCUT2D eigenvalue weighted by molar-refractivity contribution is -0.0706. The molecule has 0 aromatic heterocycles. The zero-order chi connectivity index (χ0) is 17.4. The van der Waals surface area contributed by atoms with Crippen molar-refractivity contribution in [2.75, 3.05) is 19.8 Å². The first-order valence-corrected chi connectivity index (χ1v) is 10.3. The molecule has 0 amide bonds. The summed E-state index contributed by atoms with van der Waals surface area (Å²) < 4.78 is 5.87. The summed E-state index contributed by atoms with van der Waals surface area (Å²) in [5, 5.41) is 10.5. The minimum absolute atomic E-state index is 0.172. The highest BCUT2D eigenvalue weighted by molar-refractivity contribution is 4.97. The maximum absolute atomic E-state index is 10.5. The van der Waals surface area contributed by atoms with Gasteiger partial charge in [0, 0.05) is 24.2 Å². The van der Waals surface area contributed by atoms with E-state index in [4.69, 9.17) is 4.74 Å². The monoisotopic (exact) mass is 337 g/mol. The topological polar surface area (TPSA) is 32.7 Å². The second kappa shape index (κ2) is 7.25. The fraction of sp³-hybridized carbons (Fsp3) is 1.00. The molecule has 3 rings (SSSR count). The normalized spacial score (nSPS) is 36.1. The molecule has 1 saturated heterocycles. The average molecular weight is 338 g/mol. The van der Waals surface area contributed by atoms with E-state index in [0.29, 0.717) is 6.61 Å². The zero-order valence-corrected chi connectivity index (χ0v) is 16.4. The van der Waals surface area contributed by atoms with Crippen LogP contribution in [0.15, 0.2) is 0 Å². The Labute approximate surface area is 149 Å². The Bertz CT molecular complexity index is 404. The van der Waals surface area contributed by atoms with Gasteiger partial charge in [0.25, 0.3) is 0 Å². The maximum Gasteiger partial charge on any atom is 0.0900 e. The van der Waals surface area contributed by atoms with E-state index in [1.165, 1.54) is 51.4 Å². The number of rotatable bonds is 7. The average Bonchev–Trinajstić information content (AvgIpc) is 3.10. The van der Waals surface area contributed by atoms with Gasteiger partial charge in [0.2, 0.25) is 0 Å². The summed E-state index contributed by atoms with van der Waals surface area (Å²) in [4.78, 5) is 2.51. The van der Waals surface area contributed by atoms with Gasteiger partial charge in [-0.3, -0.25) is 4.90 Å². The summed E-state index contributed by atoms with van der Waals surface area (Å²) in [6.07, 6.45) is 10.4. The number of likely N-dealkylation sites (tertiary alicyclic amines) is 1. The third-order valence-corrected chi connectivity index (χ3v) is 7.26. The molecule has 3 fully saturated rings. The smallest absolute Gasteiger partial charge is 0.0900 e. The Morgan fingerprint density at radius 3 is 2.38 bits per heavy atom. The molecule has 2 bridgehead atoms. The quantitative estimate of drug-likeness (QED) is 0.706. The minimum Gasteiger partial charge on any atom is -0.389 e. The number of aliphatic hydroxyl groups excluding tert-OH is 1. The highest BCUT2D eigenvalue weighted by Gasteiger charge is 2.42. The molecule has 24 heavy (non-hydrogen) atoms. The highest BCUT2D eigenvalue weighted by Crippen LogP contribution is 2.49. The summed E-state index contributed by atoms with van der Waals surface area (Å²) in [7, 11) is 0. The fourth-order valence-corrected chi connectivity index (χ4v) is 5.98. The van der Waals surface area contributed by atoms with Crippen LogP contribution in [0.2, 0.25) is 0 Å². The molecular formula is C21H39NO2. The first kappa shape index (κ1) is 18.7. The molecule has 1 aliphatic heterocycles. The second-order valence-electron chi connectivity index (χ2n) is 10.0. The molecule has 0 radical (unpaired) electrons. The van der Waals surface area contributed by atoms with E-state index < -0.39 is 0 Å². The van der Waals surface area contributed by atoms with Crippen molar-refractivity contribution in [3.8, 4) is 0 Å². The van der Waals surface area contributed by atoms with Gasteiger partial charge in [-0.2, -0.15) is 0 Å². The molecule has 140 valence electrons. The summed E-state index contributed by atoms with van der Waals surface area (Å²) in [6.45, 7) is 11.3. The third kappa shape index (κ3) is 4.16. The van der Waals surface area contributed by atoms with E-state index in [1.807, 2.05) is 0 Å². The maximum atomic E-state index is 10.5. The molecule has 1 heterocycles. The van der Waals surface area contributed by atoms with E-state index in [0.717, 1.165) is 30.9 Å². The predicted molar refractivity (Wildman–Crippen MR) is 99.1 cm³/mol. The van der Waals surface area contributed by atoms with Gasteiger partial charge in [-0.05, 0) is 90.4 Å². The highest BCUT2D eigenvalue weighted by atomic mass is 16.5. The van der Waals surface area contributed by atoms with Crippen molar-refractivity contribution in [1.82, 2.24) is 4.90 Å². The molecule has 0 unspecified atom stereocenters. The van der Waals surface area contributed by atoms with E-state index in [9.17, 15) is 5.11 Å². The lowest BCUT2D eigenvalue weighted by Gasteiger charge is -2.53. The number of ether oxygens (including phenoxy) is 1. The molecule has 3 heteroatoms. The molecule has 4 atom stereocenters. The van der Waals surface area contributed by atoms with Crippen LogP contribution in [0.5, 0.6) is 0 Å². The van der Waals surface area contributed by atoms with Gasteiger partial charge in [0.15, 0.2) is 0 Å². The van der Waals surface area contributed by atoms with Gasteiger partial charge >= 0.3 is 0 Å². The van der Waals surface area contributed by atoms with Crippen LogP contribution in [0.3, 0.4) is 0 Å². The molecule has 3 aliphatic rings. The Balaban J connectivity index is 1.38. The van der Waals surface area contributed by atoms with Gasteiger partial charge in [0.05, 0.1) is 12.7 Å². The fourth-order valence-electron chi connectivity index (χ4n) is 5.98. The molecule has 0 spiro atoms. The number of piperidine rings is 1. The van der Waals surface area contributed by atoms with Crippen LogP contribution in [-0.4, -0.2) is 46.9 Å². The molecule has 3 nitrogen and oxygen atoms in total. The van der Waals surface area contributed by atoms with Crippen LogP contribution in [-0.2, 0) is 4.74 Å². The lowest BCUT2D eigenvalue weighted by atomic mass is 9.79. The van der Waals surface area contributed by atoms with Crippen molar-refractivity contribution >= 4 is 0 Å². The first-order chi connectivity index (χ1) is 11.3. The SMILES string of the molecule is CC1(C)CCCC(C)(C)N1C[C@@H](O)COCC[C@@H]1C[C@@H]2CC[C@@H]1C2. The summed E-state index contributed by atoms with van der Waals surface area (Å²) in [5.74, 6) is 2.91. The van der Waals surface area contributed by atoms with Crippen LogP contribution in [0.4, 0.5) is 0 Å². The van der Waals surface area contributed by atoms with Crippen LogP contribution < -0.4 is 0 Å². The molecular weight excluding hydrogens is 298 g/mol. The summed E-state index contributed by atoms with van der Waals surface area (Å²) >= 11 is 0. The number of β-amino-alcohol motifs (C(OH)–C–C–N with tert-alkyl or cyclic N) is 1. The Hall–Kier alpha value is -0.120. The second-order valence-corrected chi connectivity index (χ2v) is 10.0. The van der Waals surface area contributed by atoms with Crippen molar-refractivity contribution in [3.63, 3.8) is 0 Å². The summed E-state index contributed by atoms with van der Waals surface area (Å²) in [5.41, 5.74) is 0.345. The van der Waals surface area contributed by atoms with E-state index >= 15 is 0 Å². The van der Waals surface area contributed by atoms with Crippen molar-refractivity contribution in [3.05, 3.63) is 0 Å². The van der Waals surface area contributed by atoms with Gasteiger partial charge in [-0.1, -0.05) is 6.42 Å². The van der Waals surface area contributed by atoms with E-state index in [-0.39, 0.29) is 17.2 Å². The predicted octanol–water partition coefficient (Wildman–Crippen LogP) is 4.23. The van der Waals surface area contributed by atoms with Gasteiger partial charge in [-0.25, -0.2) is 0 Å². The molecule has 0 aromatic rings. The van der Waals surface area contributed by atoms with Crippen LogP contribution >= 0.6 is 0 Å². The Kier molecular flexibility index (Phi) is 5.64. The number of hydrogen-bond acceptors (Lipinski definition) is 3. The number of hydrogen-bond donors (Lipinski definition) is 1. The Morgan fingerprint density at radius 2 is 1.79 bits per heavy atom. The number of aliphatic hydroxyl groups is 1. The third-order valence-electron chi connectivity index (χ3n) is 7.26. The van der Waals surface area contributed by atoms with Crippen molar-refractivity contribution in [1.29, 1.82) is 0 Å². The molecule has 2 aliphatic carbocycles. The summed E-state index contributed by atoms with van der Waals surface area (Å²) in [6, 6.07) is 0. The van der Waals surface area contributed by atoms with Crippen molar-refractivity contribution < 1.29 is 9.84 Å². The van der Waals surface area contributed by atoms with Gasteiger partial charge in [-0.15, -0.1) is 0 Å².